The lowest BCUT2D eigenvalue weighted by molar-refractivity contribution is -0.193. The summed E-state index contributed by atoms with van der Waals surface area (Å²) in [6, 6.07) is 12.3. The molecule has 0 bridgehead atoms. The molecule has 1 unspecified atom stereocenters. The Bertz CT molecular complexity index is 1540. The van der Waals surface area contributed by atoms with Gasteiger partial charge in [-0.05, 0) is 56.3 Å². The molecule has 2 heterocycles. The monoisotopic (exact) mass is 744 g/mol. The predicted octanol–water partition coefficient (Wildman–Crippen LogP) is 2.16. The fourth-order valence-corrected chi connectivity index (χ4v) is 4.93. The van der Waals surface area contributed by atoms with Gasteiger partial charge in [0.25, 0.3) is 0 Å². The number of sulfonamides is 1. The Labute approximate surface area is 283 Å². The molecule has 0 spiro atoms. The van der Waals surface area contributed by atoms with Crippen LogP contribution in [0.3, 0.4) is 0 Å². The number of amides is 2. The van der Waals surface area contributed by atoms with E-state index in [1.165, 1.54) is 5.56 Å². The summed E-state index contributed by atoms with van der Waals surface area (Å²) in [5, 5.41) is 19.9. The number of benzene rings is 1. The first-order chi connectivity index (χ1) is 22.9. The van der Waals surface area contributed by atoms with E-state index in [-0.39, 0.29) is 30.8 Å². The number of rotatable bonds is 10. The van der Waals surface area contributed by atoms with Crippen LogP contribution in [-0.2, 0) is 35.7 Å². The number of hydrogen-bond donors (Lipinski definition) is 6. The highest BCUT2D eigenvalue weighted by Gasteiger charge is 2.39. The summed E-state index contributed by atoms with van der Waals surface area (Å²) >= 11 is 0. The quantitative estimate of drug-likeness (QED) is 0.194. The minimum absolute atomic E-state index is 0.200. The van der Waals surface area contributed by atoms with Crippen LogP contribution in [0, 0.1) is 6.92 Å². The molecule has 2 aromatic rings. The number of nitrogens with zero attached hydrogens (tertiary/aromatic N) is 2. The van der Waals surface area contributed by atoms with Crippen LogP contribution in [0.5, 0.6) is 0 Å². The van der Waals surface area contributed by atoms with Crippen molar-refractivity contribution in [2.75, 3.05) is 31.6 Å². The van der Waals surface area contributed by atoms with Crippen molar-refractivity contribution >= 4 is 39.6 Å². The molecule has 3 rings (SSSR count). The maximum atomic E-state index is 13.3. The molecule has 14 nitrogen and oxygen atoms in total. The number of halogens is 6. The van der Waals surface area contributed by atoms with Crippen molar-refractivity contribution in [3.63, 3.8) is 0 Å². The molecule has 1 aromatic carbocycles. The minimum Gasteiger partial charge on any atom is -0.475 e. The molecular weight excluding hydrogens is 706 g/mol. The molecule has 0 aliphatic carbocycles. The second-order valence-corrected chi connectivity index (χ2v) is 12.7. The number of carbonyl (C=O) groups is 4. The van der Waals surface area contributed by atoms with Gasteiger partial charge >= 0.3 is 24.3 Å². The average molecular weight is 745 g/mol. The van der Waals surface area contributed by atoms with Gasteiger partial charge < -0.3 is 26.6 Å². The molecule has 1 saturated heterocycles. The number of aliphatic carboxylic acids is 2. The first-order valence-electron chi connectivity index (χ1n) is 14.6. The van der Waals surface area contributed by atoms with E-state index in [9.17, 15) is 44.3 Å². The molecule has 2 amide bonds. The van der Waals surface area contributed by atoms with Gasteiger partial charge in [-0.1, -0.05) is 36.4 Å². The fourth-order valence-electron chi connectivity index (χ4n) is 4.46. The van der Waals surface area contributed by atoms with Gasteiger partial charge in [-0.3, -0.25) is 14.5 Å². The smallest absolute Gasteiger partial charge is 0.475 e. The van der Waals surface area contributed by atoms with Crippen LogP contribution >= 0.6 is 0 Å². The zero-order chi connectivity index (χ0) is 38.4. The summed E-state index contributed by atoms with van der Waals surface area (Å²) in [5.74, 6) is -5.45. The highest BCUT2D eigenvalue weighted by Crippen LogP contribution is 2.31. The van der Waals surface area contributed by atoms with Gasteiger partial charge in [0.05, 0.1) is 12.3 Å². The highest BCUT2D eigenvalue weighted by molar-refractivity contribution is 7.88. The number of pyridine rings is 1. The standard InChI is InChI=1S/C25H36N6O4S.2C2HF3O2/c1-17-21(9-10-23(26)29-17)16-27-24(32)18(2)30-25(33)22-15-20(19-7-5-4-6-8-19)11-13-31(22)14-12-28-36(3,34)35;2*3-2(4,5)1(6)7/h4-10,18,20,22,28H,11-16H2,1-3H3,(H2,26,29)(H,27,32)(H,30,33);2*(H,6,7)/t18?,20-,22+;;/m0../s1. The van der Waals surface area contributed by atoms with Crippen molar-refractivity contribution in [2.45, 2.75) is 63.6 Å². The molecule has 1 aliphatic heterocycles. The van der Waals surface area contributed by atoms with Crippen LogP contribution in [0.2, 0.25) is 0 Å². The molecule has 0 radical (unpaired) electrons. The number of carbonyl (C=O) groups excluding carboxylic acids is 2. The number of hydrogen-bond acceptors (Lipinski definition) is 9. The SMILES string of the molecule is Cc1nc(N)ccc1CNC(=O)C(C)NC(=O)[C@H]1C[C@@H](c2ccccc2)CCN1CCNS(C)(=O)=O.O=C(O)C(F)(F)F.O=C(O)C(F)(F)F. The number of alkyl halides is 6. The van der Waals surface area contributed by atoms with Gasteiger partial charge in [-0.2, -0.15) is 26.3 Å². The summed E-state index contributed by atoms with van der Waals surface area (Å²) in [6.07, 6.45) is -7.61. The number of nitrogens with one attached hydrogen (secondary N) is 3. The van der Waals surface area contributed by atoms with Crippen molar-refractivity contribution in [3.05, 3.63) is 59.3 Å². The van der Waals surface area contributed by atoms with Gasteiger partial charge in [0, 0.05) is 25.3 Å². The van der Waals surface area contributed by atoms with E-state index in [4.69, 9.17) is 25.5 Å². The van der Waals surface area contributed by atoms with E-state index in [2.05, 4.69) is 32.5 Å². The molecule has 1 fully saturated rings. The first kappa shape index (κ1) is 43.5. The third-order valence-electron chi connectivity index (χ3n) is 6.96. The molecule has 21 heteroatoms. The van der Waals surface area contributed by atoms with Crippen LogP contribution in [-0.4, -0.2) is 103 Å². The third-order valence-corrected chi connectivity index (χ3v) is 7.69. The van der Waals surface area contributed by atoms with Crippen molar-refractivity contribution in [1.29, 1.82) is 0 Å². The molecule has 0 saturated carbocycles. The molecule has 280 valence electrons. The number of carboxylic acid groups (broad SMARTS) is 2. The lowest BCUT2D eigenvalue weighted by Gasteiger charge is -2.39. The summed E-state index contributed by atoms with van der Waals surface area (Å²) < 4.78 is 88.9. The Morgan fingerprint density at radius 1 is 1.00 bits per heavy atom. The van der Waals surface area contributed by atoms with Gasteiger partial charge in [-0.15, -0.1) is 0 Å². The zero-order valence-corrected chi connectivity index (χ0v) is 27.8. The van der Waals surface area contributed by atoms with E-state index < -0.39 is 46.4 Å². The second-order valence-electron chi connectivity index (χ2n) is 10.9. The minimum atomic E-state index is -5.08. The fraction of sp³-hybridized carbons (Fsp3) is 0.483. The number of anilines is 1. The van der Waals surface area contributed by atoms with Crippen molar-refractivity contribution < 1.29 is 64.2 Å². The largest absolute Gasteiger partial charge is 0.490 e. The van der Waals surface area contributed by atoms with Crippen LogP contribution in [0.1, 0.15) is 42.5 Å². The summed E-state index contributed by atoms with van der Waals surface area (Å²) in [6.45, 7) is 5.01. The number of carboxylic acids is 2. The van der Waals surface area contributed by atoms with E-state index in [1.54, 1.807) is 13.0 Å². The van der Waals surface area contributed by atoms with Crippen molar-refractivity contribution in [3.8, 4) is 0 Å². The predicted molar refractivity (Wildman–Crippen MR) is 167 cm³/mol. The van der Waals surface area contributed by atoms with E-state index in [0.29, 0.717) is 25.3 Å². The third kappa shape index (κ3) is 16.3. The van der Waals surface area contributed by atoms with Gasteiger partial charge in [-0.25, -0.2) is 27.7 Å². The summed E-state index contributed by atoms with van der Waals surface area (Å²) in [7, 11) is -3.32. The number of nitrogen functional groups attached to an aromatic ring is 1. The lowest BCUT2D eigenvalue weighted by atomic mass is 9.85. The van der Waals surface area contributed by atoms with Crippen LogP contribution in [0.25, 0.3) is 0 Å². The number of likely N-dealkylation sites (tertiary alicyclic amines) is 1. The van der Waals surface area contributed by atoms with E-state index in [0.717, 1.165) is 23.9 Å². The summed E-state index contributed by atoms with van der Waals surface area (Å²) in [5.41, 5.74) is 8.43. The maximum Gasteiger partial charge on any atom is 0.490 e. The average Bonchev–Trinajstić information content (AvgIpc) is 3.00. The Morgan fingerprint density at radius 3 is 2.02 bits per heavy atom. The van der Waals surface area contributed by atoms with E-state index >= 15 is 0 Å². The number of piperidine rings is 1. The Morgan fingerprint density at radius 2 is 1.54 bits per heavy atom. The van der Waals surface area contributed by atoms with Crippen LogP contribution in [0.4, 0.5) is 32.2 Å². The first-order valence-corrected chi connectivity index (χ1v) is 16.5. The van der Waals surface area contributed by atoms with E-state index in [1.807, 2.05) is 36.1 Å². The Hall–Kier alpha value is -4.50. The Balaban J connectivity index is 0.000000748. The van der Waals surface area contributed by atoms with Gasteiger partial charge in [0.1, 0.15) is 11.9 Å². The number of nitrogens with two attached hydrogens (primary N) is 1. The van der Waals surface area contributed by atoms with Gasteiger partial charge in [0.15, 0.2) is 0 Å². The van der Waals surface area contributed by atoms with Gasteiger partial charge in [0.2, 0.25) is 21.8 Å². The molecule has 1 aromatic heterocycles. The number of aromatic nitrogens is 1. The van der Waals surface area contributed by atoms with Crippen molar-refractivity contribution in [1.82, 2.24) is 25.2 Å². The molecule has 7 N–H and O–H groups in total. The normalized spacial score (nSPS) is 17.1. The molecular formula is C29H38F6N6O8S. The Kier molecular flexibility index (Phi) is 16.6. The van der Waals surface area contributed by atoms with Crippen molar-refractivity contribution in [2.24, 2.45) is 0 Å². The van der Waals surface area contributed by atoms with Crippen LogP contribution < -0.4 is 21.1 Å². The lowest BCUT2D eigenvalue weighted by Crippen LogP contribution is -2.56. The summed E-state index contributed by atoms with van der Waals surface area (Å²) in [4.78, 5) is 50.0. The topological polar surface area (TPSA) is 221 Å². The molecule has 3 atom stereocenters. The highest BCUT2D eigenvalue weighted by atomic mass is 32.2. The molecule has 50 heavy (non-hydrogen) atoms. The molecule has 1 aliphatic rings. The second kappa shape index (κ2) is 19.0. The zero-order valence-electron chi connectivity index (χ0n) is 27.0. The maximum absolute atomic E-state index is 13.3. The number of aryl methyl sites for hydroxylation is 1. The van der Waals surface area contributed by atoms with Crippen LogP contribution in [0.15, 0.2) is 42.5 Å².